The molecule has 1 aromatic carbocycles. The molecule has 0 spiro atoms. The van der Waals surface area contributed by atoms with E-state index in [4.69, 9.17) is 4.74 Å². The zero-order chi connectivity index (χ0) is 18.1. The van der Waals surface area contributed by atoms with E-state index in [0.29, 0.717) is 12.0 Å². The summed E-state index contributed by atoms with van der Waals surface area (Å²) in [7, 11) is 0. The molecule has 2 aliphatic rings. The molecule has 0 amide bonds. The second-order valence-electron chi connectivity index (χ2n) is 7.07. The van der Waals surface area contributed by atoms with E-state index in [1.807, 2.05) is 6.07 Å². The van der Waals surface area contributed by atoms with Crippen LogP contribution in [0.5, 0.6) is 5.88 Å². The third-order valence-corrected chi connectivity index (χ3v) is 5.39. The number of anilines is 2. The van der Waals surface area contributed by atoms with Crippen LogP contribution in [0.25, 0.3) is 10.9 Å². The van der Waals surface area contributed by atoms with Crippen molar-refractivity contribution in [1.82, 2.24) is 19.9 Å². The molecule has 2 aromatic heterocycles. The van der Waals surface area contributed by atoms with Crippen molar-refractivity contribution in [2.45, 2.75) is 25.4 Å². The maximum Gasteiger partial charge on any atom is 0.225 e. The number of aromatic nitrogens is 4. The SMILES string of the molecule is c1cnc(N2CCN(c3ccc4ncnc(OC5CCC5)c4c3)CC2)nc1. The van der Waals surface area contributed by atoms with Crippen LogP contribution in [-0.2, 0) is 0 Å². The van der Waals surface area contributed by atoms with Gasteiger partial charge in [-0.15, -0.1) is 0 Å². The molecule has 5 rings (SSSR count). The molecule has 0 bridgehead atoms. The summed E-state index contributed by atoms with van der Waals surface area (Å²) in [4.78, 5) is 22.1. The number of piperazine rings is 1. The van der Waals surface area contributed by atoms with Gasteiger partial charge in [0.25, 0.3) is 0 Å². The highest BCUT2D eigenvalue weighted by atomic mass is 16.5. The van der Waals surface area contributed by atoms with Gasteiger partial charge in [-0.25, -0.2) is 19.9 Å². The molecule has 138 valence electrons. The third kappa shape index (κ3) is 3.25. The molecule has 3 aromatic rings. The van der Waals surface area contributed by atoms with Crippen LogP contribution < -0.4 is 14.5 Å². The van der Waals surface area contributed by atoms with Gasteiger partial charge >= 0.3 is 0 Å². The van der Waals surface area contributed by atoms with Crippen LogP contribution in [0.1, 0.15) is 19.3 Å². The van der Waals surface area contributed by atoms with Crippen molar-refractivity contribution in [2.75, 3.05) is 36.0 Å². The van der Waals surface area contributed by atoms with Crippen LogP contribution in [-0.4, -0.2) is 52.2 Å². The Morgan fingerprint density at radius 1 is 0.889 bits per heavy atom. The highest BCUT2D eigenvalue weighted by Crippen LogP contribution is 2.31. The van der Waals surface area contributed by atoms with Gasteiger partial charge in [0.05, 0.1) is 10.9 Å². The summed E-state index contributed by atoms with van der Waals surface area (Å²) >= 11 is 0. The summed E-state index contributed by atoms with van der Waals surface area (Å²) in [5, 5.41) is 0.996. The van der Waals surface area contributed by atoms with Gasteiger partial charge in [-0.3, -0.25) is 0 Å². The van der Waals surface area contributed by atoms with E-state index in [2.05, 4.69) is 47.9 Å². The van der Waals surface area contributed by atoms with Crippen molar-refractivity contribution in [2.24, 2.45) is 0 Å². The highest BCUT2D eigenvalue weighted by Gasteiger charge is 2.22. The third-order valence-electron chi connectivity index (χ3n) is 5.39. The predicted molar refractivity (Wildman–Crippen MR) is 104 cm³/mol. The van der Waals surface area contributed by atoms with Crippen molar-refractivity contribution in [1.29, 1.82) is 0 Å². The maximum atomic E-state index is 6.09. The Morgan fingerprint density at radius 3 is 2.41 bits per heavy atom. The molecule has 1 aliphatic heterocycles. The minimum Gasteiger partial charge on any atom is -0.474 e. The molecule has 0 unspecified atom stereocenters. The van der Waals surface area contributed by atoms with Crippen molar-refractivity contribution in [3.05, 3.63) is 43.0 Å². The number of rotatable bonds is 4. The standard InChI is InChI=1S/C20H22N6O/c1-3-16(4-1)27-19-17-13-15(5-6-18(17)23-14-24-19)25-9-11-26(12-10-25)20-21-7-2-8-22-20/h2,5-8,13-14,16H,1,3-4,9-12H2. The fourth-order valence-corrected chi connectivity index (χ4v) is 3.58. The lowest BCUT2D eigenvalue weighted by molar-refractivity contribution is 0.116. The molecule has 2 fully saturated rings. The monoisotopic (exact) mass is 362 g/mol. The normalized spacial score (nSPS) is 17.8. The lowest BCUT2D eigenvalue weighted by Gasteiger charge is -2.36. The van der Waals surface area contributed by atoms with Crippen LogP contribution in [0, 0.1) is 0 Å². The number of hydrogen-bond acceptors (Lipinski definition) is 7. The Bertz CT molecular complexity index is 922. The Kier molecular flexibility index (Phi) is 4.20. The zero-order valence-corrected chi connectivity index (χ0v) is 15.2. The van der Waals surface area contributed by atoms with E-state index in [0.717, 1.165) is 55.9 Å². The average Bonchev–Trinajstić information content (AvgIpc) is 2.71. The molecular formula is C20H22N6O. The number of ether oxygens (including phenoxy) is 1. The van der Waals surface area contributed by atoms with Crippen LogP contribution in [0.4, 0.5) is 11.6 Å². The molecule has 7 nitrogen and oxygen atoms in total. The Labute approximate surface area is 158 Å². The molecule has 7 heteroatoms. The minimum absolute atomic E-state index is 0.307. The van der Waals surface area contributed by atoms with Crippen LogP contribution in [0.3, 0.4) is 0 Å². The van der Waals surface area contributed by atoms with Crippen molar-refractivity contribution in [3.63, 3.8) is 0 Å². The average molecular weight is 362 g/mol. The van der Waals surface area contributed by atoms with Gasteiger partial charge in [-0.2, -0.15) is 0 Å². The smallest absolute Gasteiger partial charge is 0.225 e. The van der Waals surface area contributed by atoms with Gasteiger partial charge in [0.1, 0.15) is 12.4 Å². The van der Waals surface area contributed by atoms with Gasteiger partial charge in [-0.1, -0.05) is 0 Å². The van der Waals surface area contributed by atoms with Gasteiger partial charge in [0, 0.05) is 44.3 Å². The maximum absolute atomic E-state index is 6.09. The van der Waals surface area contributed by atoms with Crippen molar-refractivity contribution >= 4 is 22.5 Å². The number of benzene rings is 1. The van der Waals surface area contributed by atoms with Gasteiger partial charge in [-0.05, 0) is 43.5 Å². The molecule has 0 N–H and O–H groups in total. The van der Waals surface area contributed by atoms with Crippen molar-refractivity contribution in [3.8, 4) is 5.88 Å². The molecular weight excluding hydrogens is 340 g/mol. The van der Waals surface area contributed by atoms with E-state index in [1.165, 1.54) is 12.1 Å². The first-order chi connectivity index (χ1) is 13.4. The Hall–Kier alpha value is -2.96. The van der Waals surface area contributed by atoms with E-state index in [9.17, 15) is 0 Å². The molecule has 1 aliphatic carbocycles. The molecule has 27 heavy (non-hydrogen) atoms. The summed E-state index contributed by atoms with van der Waals surface area (Å²) in [6.07, 6.45) is 8.97. The summed E-state index contributed by atoms with van der Waals surface area (Å²) in [6, 6.07) is 8.21. The fourth-order valence-electron chi connectivity index (χ4n) is 3.58. The van der Waals surface area contributed by atoms with E-state index in [1.54, 1.807) is 18.7 Å². The summed E-state index contributed by atoms with van der Waals surface area (Å²) < 4.78 is 6.09. The summed E-state index contributed by atoms with van der Waals surface area (Å²) in [5.41, 5.74) is 2.11. The van der Waals surface area contributed by atoms with Crippen molar-refractivity contribution < 1.29 is 4.74 Å². The van der Waals surface area contributed by atoms with E-state index < -0.39 is 0 Å². The quantitative estimate of drug-likeness (QED) is 0.707. The van der Waals surface area contributed by atoms with Crippen LogP contribution in [0.15, 0.2) is 43.0 Å². The first-order valence-electron chi connectivity index (χ1n) is 9.55. The molecule has 0 atom stereocenters. The van der Waals surface area contributed by atoms with Gasteiger partial charge in [0.2, 0.25) is 11.8 Å². The van der Waals surface area contributed by atoms with Crippen LogP contribution >= 0.6 is 0 Å². The Morgan fingerprint density at radius 2 is 1.67 bits per heavy atom. The molecule has 1 saturated carbocycles. The van der Waals surface area contributed by atoms with Gasteiger partial charge < -0.3 is 14.5 Å². The second-order valence-corrected chi connectivity index (χ2v) is 7.07. The first kappa shape index (κ1) is 16.2. The minimum atomic E-state index is 0.307. The van der Waals surface area contributed by atoms with Gasteiger partial charge in [0.15, 0.2) is 0 Å². The largest absolute Gasteiger partial charge is 0.474 e. The van der Waals surface area contributed by atoms with E-state index in [-0.39, 0.29) is 0 Å². The number of hydrogen-bond donors (Lipinski definition) is 0. The predicted octanol–water partition coefficient (Wildman–Crippen LogP) is 2.68. The van der Waals surface area contributed by atoms with Crippen LogP contribution in [0.2, 0.25) is 0 Å². The van der Waals surface area contributed by atoms with E-state index >= 15 is 0 Å². The fraction of sp³-hybridized carbons (Fsp3) is 0.400. The summed E-state index contributed by atoms with van der Waals surface area (Å²) in [6.45, 7) is 3.66. The highest BCUT2D eigenvalue weighted by molar-refractivity contribution is 5.86. The molecule has 3 heterocycles. The summed E-state index contributed by atoms with van der Waals surface area (Å²) in [5.74, 6) is 1.52. The lowest BCUT2D eigenvalue weighted by atomic mass is 9.96. The molecule has 0 radical (unpaired) electrons. The topological polar surface area (TPSA) is 67.3 Å². The zero-order valence-electron chi connectivity index (χ0n) is 15.2. The first-order valence-corrected chi connectivity index (χ1v) is 9.55. The second kappa shape index (κ2) is 6.98. The number of nitrogens with zero attached hydrogens (tertiary/aromatic N) is 6. The Balaban J connectivity index is 1.35. The lowest BCUT2D eigenvalue weighted by Crippen LogP contribution is -2.47. The number of fused-ring (bicyclic) bond motifs is 1. The molecule has 1 saturated heterocycles.